The van der Waals surface area contributed by atoms with E-state index < -0.39 is 0 Å². The van der Waals surface area contributed by atoms with Gasteiger partial charge in [-0.25, -0.2) is 4.98 Å². The fraction of sp³-hybridized carbons (Fsp3) is 0.762. The lowest BCUT2D eigenvalue weighted by atomic mass is 9.76. The average molecular weight is 386 g/mol. The van der Waals surface area contributed by atoms with E-state index in [-0.39, 0.29) is 23.5 Å². The van der Waals surface area contributed by atoms with Gasteiger partial charge in [0.15, 0.2) is 0 Å². The molecule has 3 fully saturated rings. The quantitative estimate of drug-likeness (QED) is 0.843. The van der Waals surface area contributed by atoms with Crippen molar-refractivity contribution in [2.24, 2.45) is 5.92 Å². The molecule has 0 aromatic carbocycles. The maximum atomic E-state index is 13.2. The van der Waals surface area contributed by atoms with Crippen LogP contribution in [0.4, 0.5) is 0 Å². The van der Waals surface area contributed by atoms with E-state index in [1.54, 1.807) is 6.33 Å². The molecule has 1 aliphatic carbocycles. The second-order valence-corrected chi connectivity index (χ2v) is 8.81. The van der Waals surface area contributed by atoms with E-state index in [1.807, 2.05) is 4.90 Å². The van der Waals surface area contributed by atoms with Gasteiger partial charge in [0.2, 0.25) is 5.91 Å². The van der Waals surface area contributed by atoms with Crippen molar-refractivity contribution in [3.63, 3.8) is 0 Å². The Balaban J connectivity index is 1.36. The number of aromatic amines is 1. The van der Waals surface area contributed by atoms with E-state index in [0.29, 0.717) is 25.6 Å². The Morgan fingerprint density at radius 1 is 1.07 bits per heavy atom. The van der Waals surface area contributed by atoms with Crippen LogP contribution in [-0.4, -0.2) is 63.9 Å². The number of likely N-dealkylation sites (tertiary alicyclic amines) is 1. The van der Waals surface area contributed by atoms with Gasteiger partial charge in [-0.3, -0.25) is 9.59 Å². The summed E-state index contributed by atoms with van der Waals surface area (Å²) in [4.78, 5) is 38.1. The fourth-order valence-corrected chi connectivity index (χ4v) is 5.42. The molecular formula is C21H30N4O3. The first-order valence-corrected chi connectivity index (χ1v) is 10.9. The number of nitrogens with zero attached hydrogens (tertiary/aromatic N) is 3. The molecule has 2 amide bonds. The molecular weight excluding hydrogens is 356 g/mol. The van der Waals surface area contributed by atoms with Gasteiger partial charge in [0.1, 0.15) is 6.10 Å². The average Bonchev–Trinajstić information content (AvgIpc) is 3.18. The Hall–Kier alpha value is -1.89. The number of ether oxygens (including phenoxy) is 1. The maximum absolute atomic E-state index is 13.2. The summed E-state index contributed by atoms with van der Waals surface area (Å²) in [6.45, 7) is 2.78. The third kappa shape index (κ3) is 2.86. The van der Waals surface area contributed by atoms with Crippen LogP contribution in [0.2, 0.25) is 0 Å². The Bertz CT molecular complexity index is 743. The van der Waals surface area contributed by atoms with Crippen LogP contribution in [0.3, 0.4) is 0 Å². The predicted molar refractivity (Wildman–Crippen MR) is 102 cm³/mol. The summed E-state index contributed by atoms with van der Waals surface area (Å²) < 4.78 is 5.71. The highest BCUT2D eigenvalue weighted by atomic mass is 16.5. The minimum atomic E-state index is -0.357. The minimum absolute atomic E-state index is 0.129. The van der Waals surface area contributed by atoms with Crippen molar-refractivity contribution in [2.45, 2.75) is 69.4 Å². The minimum Gasteiger partial charge on any atom is -0.368 e. The first kappa shape index (κ1) is 18.2. The summed E-state index contributed by atoms with van der Waals surface area (Å²) in [7, 11) is 0. The lowest BCUT2D eigenvalue weighted by molar-refractivity contribution is -0.155. The van der Waals surface area contributed by atoms with Crippen molar-refractivity contribution >= 4 is 11.8 Å². The number of aromatic nitrogens is 2. The molecule has 1 saturated carbocycles. The third-order valence-electron chi connectivity index (χ3n) is 7.34. The molecule has 0 radical (unpaired) electrons. The summed E-state index contributed by atoms with van der Waals surface area (Å²) in [5.74, 6) is 0.618. The highest BCUT2D eigenvalue weighted by Gasteiger charge is 2.50. The number of H-pyrrole nitrogens is 1. The van der Waals surface area contributed by atoms with Crippen LogP contribution in [0.1, 0.15) is 62.8 Å². The number of piperidine rings is 1. The molecule has 28 heavy (non-hydrogen) atoms. The highest BCUT2D eigenvalue weighted by Crippen LogP contribution is 2.44. The Morgan fingerprint density at radius 3 is 2.57 bits per heavy atom. The van der Waals surface area contributed by atoms with Crippen molar-refractivity contribution in [3.05, 3.63) is 17.7 Å². The van der Waals surface area contributed by atoms with Crippen LogP contribution >= 0.6 is 0 Å². The van der Waals surface area contributed by atoms with Crippen molar-refractivity contribution in [2.75, 3.05) is 26.2 Å². The van der Waals surface area contributed by atoms with E-state index >= 15 is 0 Å². The van der Waals surface area contributed by atoms with E-state index in [0.717, 1.165) is 75.7 Å². The molecule has 0 unspecified atom stereocenters. The third-order valence-corrected chi connectivity index (χ3v) is 7.34. The van der Waals surface area contributed by atoms with Gasteiger partial charge in [-0.15, -0.1) is 0 Å². The number of imidazole rings is 1. The topological polar surface area (TPSA) is 78.5 Å². The van der Waals surface area contributed by atoms with Crippen LogP contribution < -0.4 is 0 Å². The molecule has 2 saturated heterocycles. The number of hydrogen-bond acceptors (Lipinski definition) is 4. The zero-order valence-electron chi connectivity index (χ0n) is 16.5. The molecule has 1 atom stereocenters. The van der Waals surface area contributed by atoms with Gasteiger partial charge < -0.3 is 19.5 Å². The van der Waals surface area contributed by atoms with Crippen LogP contribution in [-0.2, 0) is 26.3 Å². The van der Waals surface area contributed by atoms with Gasteiger partial charge >= 0.3 is 0 Å². The summed E-state index contributed by atoms with van der Waals surface area (Å²) >= 11 is 0. The smallest absolute Gasteiger partial charge is 0.251 e. The summed E-state index contributed by atoms with van der Waals surface area (Å²) in [6, 6.07) is 0. The number of hydrogen-bond donors (Lipinski definition) is 1. The Labute approximate surface area is 165 Å². The zero-order valence-corrected chi connectivity index (χ0v) is 16.5. The molecule has 0 bridgehead atoms. The largest absolute Gasteiger partial charge is 0.368 e. The lowest BCUT2D eigenvalue weighted by Gasteiger charge is -2.52. The van der Waals surface area contributed by atoms with Crippen molar-refractivity contribution in [1.82, 2.24) is 19.8 Å². The number of carbonyl (C=O) groups excluding carboxylic acids is 2. The van der Waals surface area contributed by atoms with Crippen molar-refractivity contribution in [3.8, 4) is 0 Å². The maximum Gasteiger partial charge on any atom is 0.251 e. The van der Waals surface area contributed by atoms with Gasteiger partial charge in [-0.05, 0) is 44.9 Å². The van der Waals surface area contributed by atoms with Crippen LogP contribution in [0, 0.1) is 5.92 Å². The molecule has 1 N–H and O–H groups in total. The normalized spacial score (nSPS) is 27.4. The number of nitrogens with one attached hydrogen (secondary N) is 1. The SMILES string of the molecule is O=C([C@H]1CCCCO1)N1CCC2(CC1)c1nc[nH]c1CCN2C(=O)C1CCC1. The van der Waals surface area contributed by atoms with Crippen molar-refractivity contribution in [1.29, 1.82) is 0 Å². The highest BCUT2D eigenvalue weighted by molar-refractivity contribution is 5.82. The molecule has 152 valence electrons. The Kier molecular flexibility index (Phi) is 4.65. The second-order valence-electron chi connectivity index (χ2n) is 8.81. The van der Waals surface area contributed by atoms with Crippen molar-refractivity contribution < 1.29 is 14.3 Å². The first-order valence-electron chi connectivity index (χ1n) is 10.9. The summed E-state index contributed by atoms with van der Waals surface area (Å²) in [6.07, 6.45) is 9.99. The predicted octanol–water partition coefficient (Wildman–Crippen LogP) is 1.98. The molecule has 1 aromatic rings. The summed E-state index contributed by atoms with van der Waals surface area (Å²) in [5, 5.41) is 0. The van der Waals surface area contributed by atoms with E-state index in [9.17, 15) is 9.59 Å². The van der Waals surface area contributed by atoms with Gasteiger partial charge in [0.05, 0.1) is 17.6 Å². The van der Waals surface area contributed by atoms with Gasteiger partial charge in [-0.2, -0.15) is 0 Å². The first-order chi connectivity index (χ1) is 13.7. The van der Waals surface area contributed by atoms with Crippen LogP contribution in [0.15, 0.2) is 6.33 Å². The monoisotopic (exact) mass is 386 g/mol. The second kappa shape index (κ2) is 7.17. The molecule has 7 nitrogen and oxygen atoms in total. The lowest BCUT2D eigenvalue weighted by Crippen LogP contribution is -2.61. The van der Waals surface area contributed by atoms with E-state index in [4.69, 9.17) is 4.74 Å². The van der Waals surface area contributed by atoms with Crippen LogP contribution in [0.5, 0.6) is 0 Å². The molecule has 4 aliphatic rings. The van der Waals surface area contributed by atoms with Gasteiger partial charge in [0, 0.05) is 44.3 Å². The number of carbonyl (C=O) groups is 2. The molecule has 3 aliphatic heterocycles. The molecule has 7 heteroatoms. The fourth-order valence-electron chi connectivity index (χ4n) is 5.42. The molecule has 4 heterocycles. The number of amides is 2. The van der Waals surface area contributed by atoms with Gasteiger partial charge in [-0.1, -0.05) is 6.42 Å². The number of fused-ring (bicyclic) bond motifs is 2. The van der Waals surface area contributed by atoms with Crippen LogP contribution in [0.25, 0.3) is 0 Å². The summed E-state index contributed by atoms with van der Waals surface area (Å²) in [5.41, 5.74) is 1.84. The standard InChI is InChI=1S/C21H30N4O3/c26-19(15-4-3-5-15)25-10-7-16-18(23-14-22-16)21(25)8-11-24(12-9-21)20(27)17-6-1-2-13-28-17/h14-15,17H,1-13H2,(H,22,23)/t17-/m1/s1. The Morgan fingerprint density at radius 2 is 1.89 bits per heavy atom. The zero-order chi connectivity index (χ0) is 19.1. The van der Waals surface area contributed by atoms with Gasteiger partial charge in [0.25, 0.3) is 5.91 Å². The molecule has 1 aromatic heterocycles. The number of rotatable bonds is 2. The molecule has 5 rings (SSSR count). The van der Waals surface area contributed by atoms with E-state index in [1.165, 1.54) is 0 Å². The van der Waals surface area contributed by atoms with E-state index in [2.05, 4.69) is 14.9 Å². The molecule has 1 spiro atoms.